The van der Waals surface area contributed by atoms with Crippen molar-refractivity contribution in [2.24, 2.45) is 0 Å². The van der Waals surface area contributed by atoms with Crippen molar-refractivity contribution in [3.8, 4) is 0 Å². The molecule has 33 heavy (non-hydrogen) atoms. The Labute approximate surface area is 201 Å². The van der Waals surface area contributed by atoms with E-state index in [2.05, 4.69) is 16.9 Å². The summed E-state index contributed by atoms with van der Waals surface area (Å²) < 4.78 is 35.1. The molecule has 2 aliphatic heterocycles. The van der Waals surface area contributed by atoms with E-state index in [1.54, 1.807) is 18.2 Å². The molecule has 2 aliphatic rings. The smallest absolute Gasteiger partial charge is 0.255 e. The number of rotatable bonds is 7. The molecule has 8 heteroatoms. The van der Waals surface area contributed by atoms with Crippen LogP contribution in [0.5, 0.6) is 0 Å². The Bertz CT molecular complexity index is 1060. The fourth-order valence-corrected chi connectivity index (χ4v) is 6.45. The van der Waals surface area contributed by atoms with Crippen LogP contribution in [0.4, 0.5) is 0 Å². The van der Waals surface area contributed by atoms with Crippen LogP contribution in [0.25, 0.3) is 0 Å². The van der Waals surface area contributed by atoms with Gasteiger partial charge in [-0.3, -0.25) is 4.79 Å². The number of likely N-dealkylation sites (tertiary alicyclic amines) is 1. The zero-order chi connectivity index (χ0) is 23.3. The fraction of sp³-hybridized carbons (Fsp3) is 0.480. The average molecular weight is 489 g/mol. The standard InChI is InChI=1S/C25H32N2O4S2/c1-32-23-11-10-21(18-22(23)24(28)27-14-6-3-7-15-27)33(29,30)26-19-25(12-16-31-17-13-25)20-8-4-2-5-9-20/h2,4-5,8-11,18,26H,3,6-7,12-17,19H2,1H3. The van der Waals surface area contributed by atoms with Crippen molar-refractivity contribution >= 4 is 27.7 Å². The van der Waals surface area contributed by atoms with E-state index in [0.29, 0.717) is 25.3 Å². The normalized spacial score (nSPS) is 18.8. The second-order valence-corrected chi connectivity index (χ2v) is 11.4. The van der Waals surface area contributed by atoms with Crippen LogP contribution >= 0.6 is 11.8 Å². The highest BCUT2D eigenvalue weighted by molar-refractivity contribution is 7.98. The Balaban J connectivity index is 1.58. The molecule has 1 N–H and O–H groups in total. The summed E-state index contributed by atoms with van der Waals surface area (Å²) in [7, 11) is -3.79. The minimum absolute atomic E-state index is 0.0821. The maximum Gasteiger partial charge on any atom is 0.255 e. The molecule has 2 heterocycles. The minimum atomic E-state index is -3.79. The number of nitrogens with zero attached hydrogens (tertiary/aromatic N) is 1. The molecule has 0 aliphatic carbocycles. The molecule has 0 atom stereocenters. The Kier molecular flexibility index (Phi) is 7.79. The van der Waals surface area contributed by atoms with Crippen LogP contribution in [-0.2, 0) is 20.2 Å². The molecular formula is C25H32N2O4S2. The summed E-state index contributed by atoms with van der Waals surface area (Å²) in [5.74, 6) is -0.0821. The fourth-order valence-electron chi connectivity index (χ4n) is 4.73. The molecule has 0 saturated carbocycles. The van der Waals surface area contributed by atoms with Gasteiger partial charge in [-0.05, 0) is 62.1 Å². The number of hydrogen-bond acceptors (Lipinski definition) is 5. The Hall–Kier alpha value is -1.87. The van der Waals surface area contributed by atoms with Gasteiger partial charge in [-0.2, -0.15) is 0 Å². The predicted molar refractivity (Wildman–Crippen MR) is 131 cm³/mol. The number of piperidine rings is 1. The molecule has 2 fully saturated rings. The number of carbonyl (C=O) groups excluding carboxylic acids is 1. The van der Waals surface area contributed by atoms with Gasteiger partial charge in [0, 0.05) is 43.2 Å². The number of amides is 1. The third kappa shape index (κ3) is 5.45. The number of hydrogen-bond donors (Lipinski definition) is 1. The number of thioether (sulfide) groups is 1. The van der Waals surface area contributed by atoms with E-state index in [-0.39, 0.29) is 16.2 Å². The highest BCUT2D eigenvalue weighted by Gasteiger charge is 2.36. The summed E-state index contributed by atoms with van der Waals surface area (Å²) in [5.41, 5.74) is 1.28. The van der Waals surface area contributed by atoms with Gasteiger partial charge in [0.25, 0.3) is 5.91 Å². The second kappa shape index (κ2) is 10.6. The molecule has 0 aromatic heterocycles. The van der Waals surface area contributed by atoms with Gasteiger partial charge in [0.2, 0.25) is 10.0 Å². The predicted octanol–water partition coefficient (Wildman–Crippen LogP) is 4.06. The second-order valence-electron chi connectivity index (χ2n) is 8.80. The van der Waals surface area contributed by atoms with Crippen molar-refractivity contribution in [3.05, 3.63) is 59.7 Å². The average Bonchev–Trinajstić information content (AvgIpc) is 2.88. The maximum atomic E-state index is 13.3. The minimum Gasteiger partial charge on any atom is -0.381 e. The lowest BCUT2D eigenvalue weighted by Crippen LogP contribution is -2.44. The maximum absolute atomic E-state index is 13.3. The number of sulfonamides is 1. The first-order chi connectivity index (χ1) is 16.0. The SMILES string of the molecule is CSc1ccc(S(=O)(=O)NCC2(c3ccccc3)CCOCC2)cc1C(=O)N1CCCCC1. The lowest BCUT2D eigenvalue weighted by Gasteiger charge is -2.38. The first-order valence-corrected chi connectivity index (χ1v) is 14.3. The molecule has 0 unspecified atom stereocenters. The summed E-state index contributed by atoms with van der Waals surface area (Å²) in [6, 6.07) is 14.9. The quantitative estimate of drug-likeness (QED) is 0.595. The van der Waals surface area contributed by atoms with Crippen LogP contribution in [0.3, 0.4) is 0 Å². The molecule has 2 aromatic rings. The number of ether oxygens (including phenoxy) is 1. The molecule has 2 aromatic carbocycles. The Morgan fingerprint density at radius 3 is 2.42 bits per heavy atom. The van der Waals surface area contributed by atoms with Crippen molar-refractivity contribution in [1.29, 1.82) is 0 Å². The van der Waals surface area contributed by atoms with Crippen molar-refractivity contribution in [2.75, 3.05) is 39.1 Å². The summed E-state index contributed by atoms with van der Waals surface area (Å²) in [6.07, 6.45) is 6.53. The molecule has 0 radical (unpaired) electrons. The van der Waals surface area contributed by atoms with E-state index in [4.69, 9.17) is 4.74 Å². The van der Waals surface area contributed by atoms with Crippen LogP contribution in [0.1, 0.15) is 48.0 Å². The first-order valence-electron chi connectivity index (χ1n) is 11.6. The van der Waals surface area contributed by atoms with Gasteiger partial charge in [-0.1, -0.05) is 30.3 Å². The highest BCUT2D eigenvalue weighted by Crippen LogP contribution is 2.35. The number of nitrogens with one attached hydrogen (secondary N) is 1. The summed E-state index contributed by atoms with van der Waals surface area (Å²) in [4.78, 5) is 16.0. The summed E-state index contributed by atoms with van der Waals surface area (Å²) in [6.45, 7) is 2.95. The number of benzene rings is 2. The van der Waals surface area contributed by atoms with Crippen LogP contribution in [-0.4, -0.2) is 58.3 Å². The molecule has 2 saturated heterocycles. The van der Waals surface area contributed by atoms with Crippen LogP contribution < -0.4 is 4.72 Å². The summed E-state index contributed by atoms with van der Waals surface area (Å²) in [5, 5.41) is 0. The monoisotopic (exact) mass is 488 g/mol. The van der Waals surface area contributed by atoms with Gasteiger partial charge in [-0.25, -0.2) is 13.1 Å². The molecule has 178 valence electrons. The van der Waals surface area contributed by atoms with E-state index >= 15 is 0 Å². The van der Waals surface area contributed by atoms with E-state index in [1.807, 2.05) is 29.4 Å². The molecule has 1 amide bonds. The van der Waals surface area contributed by atoms with Gasteiger partial charge < -0.3 is 9.64 Å². The molecule has 4 rings (SSSR count). The van der Waals surface area contributed by atoms with Crippen molar-refractivity contribution in [2.45, 2.75) is 47.3 Å². The third-order valence-electron chi connectivity index (χ3n) is 6.79. The van der Waals surface area contributed by atoms with Crippen molar-refractivity contribution in [1.82, 2.24) is 9.62 Å². The van der Waals surface area contributed by atoms with Crippen molar-refractivity contribution < 1.29 is 17.9 Å². The van der Waals surface area contributed by atoms with Crippen LogP contribution in [0.15, 0.2) is 58.3 Å². The van der Waals surface area contributed by atoms with Crippen molar-refractivity contribution in [3.63, 3.8) is 0 Å². The van der Waals surface area contributed by atoms with E-state index in [0.717, 1.165) is 55.7 Å². The largest absolute Gasteiger partial charge is 0.381 e. The highest BCUT2D eigenvalue weighted by atomic mass is 32.2. The van der Waals surface area contributed by atoms with Gasteiger partial charge in [0.15, 0.2) is 0 Å². The Morgan fingerprint density at radius 1 is 1.06 bits per heavy atom. The number of carbonyl (C=O) groups is 1. The van der Waals surface area contributed by atoms with E-state index < -0.39 is 10.0 Å². The lowest BCUT2D eigenvalue weighted by atomic mass is 9.74. The van der Waals surface area contributed by atoms with Gasteiger partial charge in [-0.15, -0.1) is 11.8 Å². The first kappa shape index (κ1) is 24.3. The zero-order valence-electron chi connectivity index (χ0n) is 19.1. The molecule has 0 spiro atoms. The van der Waals surface area contributed by atoms with Gasteiger partial charge >= 0.3 is 0 Å². The van der Waals surface area contributed by atoms with Gasteiger partial charge in [0.05, 0.1) is 10.5 Å². The molecular weight excluding hydrogens is 456 g/mol. The topological polar surface area (TPSA) is 75.7 Å². The van der Waals surface area contributed by atoms with E-state index in [9.17, 15) is 13.2 Å². The van der Waals surface area contributed by atoms with Crippen LogP contribution in [0.2, 0.25) is 0 Å². The lowest BCUT2D eigenvalue weighted by molar-refractivity contribution is 0.0517. The molecule has 0 bridgehead atoms. The molecule has 6 nitrogen and oxygen atoms in total. The van der Waals surface area contributed by atoms with Gasteiger partial charge in [0.1, 0.15) is 0 Å². The third-order valence-corrected chi connectivity index (χ3v) is 8.99. The Morgan fingerprint density at radius 2 is 1.76 bits per heavy atom. The van der Waals surface area contributed by atoms with E-state index in [1.165, 1.54) is 11.8 Å². The van der Waals surface area contributed by atoms with Crippen LogP contribution in [0, 0.1) is 0 Å². The summed E-state index contributed by atoms with van der Waals surface area (Å²) >= 11 is 1.46. The zero-order valence-corrected chi connectivity index (χ0v) is 20.7.